The van der Waals surface area contributed by atoms with Crippen LogP contribution in [0.4, 0.5) is 5.82 Å². The van der Waals surface area contributed by atoms with Crippen LogP contribution >= 0.6 is 0 Å². The Morgan fingerprint density at radius 2 is 2.06 bits per heavy atom. The second kappa shape index (κ2) is 4.47. The molecule has 0 fully saturated rings. The smallest absolute Gasteiger partial charge is 0.323 e. The molecular weight excluding hydrogens is 206 g/mol. The van der Waals surface area contributed by atoms with E-state index in [-0.39, 0.29) is 12.1 Å². The Bertz CT molecular complexity index is 385. The van der Waals surface area contributed by atoms with E-state index < -0.39 is 5.97 Å². The molecule has 0 amide bonds. The van der Waals surface area contributed by atoms with Gasteiger partial charge in [0.25, 0.3) is 0 Å². The quantitative estimate of drug-likeness (QED) is 0.840. The van der Waals surface area contributed by atoms with E-state index in [2.05, 4.69) is 9.97 Å². The third-order valence-corrected chi connectivity index (χ3v) is 2.17. The summed E-state index contributed by atoms with van der Waals surface area (Å²) in [4.78, 5) is 20.7. The molecule has 0 radical (unpaired) electrons. The highest BCUT2D eigenvalue weighted by molar-refractivity contribution is 5.73. The van der Waals surface area contributed by atoms with Crippen LogP contribution in [0.2, 0.25) is 0 Å². The predicted molar refractivity (Wildman–Crippen MR) is 61.5 cm³/mol. The van der Waals surface area contributed by atoms with E-state index in [1.165, 1.54) is 6.33 Å². The maximum Gasteiger partial charge on any atom is 0.323 e. The van der Waals surface area contributed by atoms with Crippen molar-refractivity contribution >= 4 is 11.8 Å². The molecule has 0 saturated heterocycles. The summed E-state index contributed by atoms with van der Waals surface area (Å²) in [5.74, 6) is -0.228. The number of carbonyl (C=O) groups is 1. The lowest BCUT2D eigenvalue weighted by molar-refractivity contribution is -0.135. The average molecular weight is 223 g/mol. The Labute approximate surface area is 95.1 Å². The second-order valence-corrected chi connectivity index (χ2v) is 4.67. The van der Waals surface area contributed by atoms with E-state index in [0.717, 1.165) is 5.69 Å². The highest BCUT2D eigenvalue weighted by Gasteiger charge is 2.24. The number of aliphatic carboxylic acids is 1. The Balaban J connectivity index is 3.06. The van der Waals surface area contributed by atoms with Crippen LogP contribution < -0.4 is 4.90 Å². The highest BCUT2D eigenvalue weighted by atomic mass is 16.4. The minimum Gasteiger partial charge on any atom is -0.480 e. The first kappa shape index (κ1) is 12.4. The molecule has 0 unspecified atom stereocenters. The van der Waals surface area contributed by atoms with Gasteiger partial charge in [0.2, 0.25) is 0 Å². The zero-order valence-corrected chi connectivity index (χ0v) is 10.1. The number of carboxylic acid groups (broad SMARTS) is 1. The lowest BCUT2D eigenvalue weighted by Gasteiger charge is -2.35. The number of carboxylic acids is 1. The molecule has 1 aromatic rings. The van der Waals surface area contributed by atoms with Crippen LogP contribution in [0.25, 0.3) is 0 Å². The number of hydrogen-bond donors (Lipinski definition) is 1. The molecule has 1 N–H and O–H groups in total. The van der Waals surface area contributed by atoms with Crippen LogP contribution in [-0.4, -0.2) is 33.1 Å². The number of rotatable bonds is 3. The molecule has 0 bridgehead atoms. The van der Waals surface area contributed by atoms with Crippen molar-refractivity contribution in [1.82, 2.24) is 9.97 Å². The molecule has 0 saturated carbocycles. The van der Waals surface area contributed by atoms with Gasteiger partial charge in [0.05, 0.1) is 0 Å². The number of aromatic nitrogens is 2. The number of anilines is 1. The van der Waals surface area contributed by atoms with E-state index in [0.29, 0.717) is 5.82 Å². The van der Waals surface area contributed by atoms with E-state index in [1.54, 1.807) is 11.0 Å². The molecule has 1 aromatic heterocycles. The van der Waals surface area contributed by atoms with Gasteiger partial charge in [-0.15, -0.1) is 0 Å². The fourth-order valence-electron chi connectivity index (χ4n) is 1.39. The molecule has 5 heteroatoms. The van der Waals surface area contributed by atoms with Gasteiger partial charge in [0.1, 0.15) is 18.7 Å². The van der Waals surface area contributed by atoms with Crippen LogP contribution in [0.1, 0.15) is 26.5 Å². The first-order chi connectivity index (χ1) is 7.30. The minimum absolute atomic E-state index is 0.0695. The van der Waals surface area contributed by atoms with Crippen molar-refractivity contribution in [3.05, 3.63) is 18.1 Å². The third-order valence-electron chi connectivity index (χ3n) is 2.17. The summed E-state index contributed by atoms with van der Waals surface area (Å²) in [5, 5.41) is 8.89. The van der Waals surface area contributed by atoms with Crippen LogP contribution in [0.3, 0.4) is 0 Å². The summed E-state index contributed by atoms with van der Waals surface area (Å²) in [7, 11) is 0. The largest absolute Gasteiger partial charge is 0.480 e. The molecule has 0 aromatic carbocycles. The van der Waals surface area contributed by atoms with Gasteiger partial charge in [-0.2, -0.15) is 0 Å². The fraction of sp³-hybridized carbons (Fsp3) is 0.545. The van der Waals surface area contributed by atoms with Gasteiger partial charge in [-0.1, -0.05) is 0 Å². The van der Waals surface area contributed by atoms with Gasteiger partial charge >= 0.3 is 5.97 Å². The van der Waals surface area contributed by atoms with Crippen molar-refractivity contribution in [2.24, 2.45) is 0 Å². The van der Waals surface area contributed by atoms with E-state index in [1.807, 2.05) is 27.7 Å². The van der Waals surface area contributed by atoms with E-state index in [9.17, 15) is 4.79 Å². The summed E-state index contributed by atoms with van der Waals surface area (Å²) in [6.07, 6.45) is 1.45. The number of nitrogens with zero attached hydrogens (tertiary/aromatic N) is 3. The molecule has 88 valence electrons. The van der Waals surface area contributed by atoms with Crippen molar-refractivity contribution in [1.29, 1.82) is 0 Å². The monoisotopic (exact) mass is 223 g/mol. The third kappa shape index (κ3) is 3.18. The van der Waals surface area contributed by atoms with Crippen molar-refractivity contribution in [2.45, 2.75) is 33.2 Å². The topological polar surface area (TPSA) is 66.3 Å². The average Bonchev–Trinajstić information content (AvgIpc) is 2.12. The van der Waals surface area contributed by atoms with Crippen LogP contribution in [-0.2, 0) is 4.79 Å². The Morgan fingerprint density at radius 1 is 1.44 bits per heavy atom. The molecule has 0 aliphatic carbocycles. The minimum atomic E-state index is -0.869. The molecule has 0 aliphatic heterocycles. The van der Waals surface area contributed by atoms with Gasteiger partial charge in [-0.3, -0.25) is 4.79 Å². The summed E-state index contributed by atoms with van der Waals surface area (Å²) in [6, 6.07) is 1.79. The van der Waals surface area contributed by atoms with Crippen LogP contribution in [0.5, 0.6) is 0 Å². The summed E-state index contributed by atoms with van der Waals surface area (Å²) >= 11 is 0. The lowest BCUT2D eigenvalue weighted by atomic mass is 10.1. The number of hydrogen-bond acceptors (Lipinski definition) is 4. The molecule has 0 aliphatic rings. The van der Waals surface area contributed by atoms with Gasteiger partial charge < -0.3 is 10.0 Å². The maximum absolute atomic E-state index is 10.8. The standard InChI is InChI=1S/C11H17N3O2/c1-8-5-9(13-7-12-8)14(6-10(15)16)11(2,3)4/h5,7H,6H2,1-4H3,(H,15,16). The van der Waals surface area contributed by atoms with E-state index in [4.69, 9.17) is 5.11 Å². The van der Waals surface area contributed by atoms with Gasteiger partial charge in [0, 0.05) is 17.3 Å². The Morgan fingerprint density at radius 3 is 2.50 bits per heavy atom. The zero-order chi connectivity index (χ0) is 12.3. The zero-order valence-electron chi connectivity index (χ0n) is 10.1. The van der Waals surface area contributed by atoms with Gasteiger partial charge in [-0.25, -0.2) is 9.97 Å². The maximum atomic E-state index is 10.8. The number of aryl methyl sites for hydroxylation is 1. The van der Waals surface area contributed by atoms with Crippen LogP contribution in [0, 0.1) is 6.92 Å². The van der Waals surface area contributed by atoms with Crippen molar-refractivity contribution in [3.63, 3.8) is 0 Å². The molecule has 16 heavy (non-hydrogen) atoms. The van der Waals surface area contributed by atoms with Gasteiger partial charge in [0.15, 0.2) is 0 Å². The summed E-state index contributed by atoms with van der Waals surface area (Å²) in [6.45, 7) is 7.64. The van der Waals surface area contributed by atoms with E-state index >= 15 is 0 Å². The Hall–Kier alpha value is -1.65. The first-order valence-electron chi connectivity index (χ1n) is 5.09. The normalized spacial score (nSPS) is 11.2. The lowest BCUT2D eigenvalue weighted by Crippen LogP contribution is -2.45. The summed E-state index contributed by atoms with van der Waals surface area (Å²) < 4.78 is 0. The molecule has 5 nitrogen and oxygen atoms in total. The molecule has 1 rings (SSSR count). The Kier molecular flexibility index (Phi) is 3.47. The molecule has 0 spiro atoms. The summed E-state index contributed by atoms with van der Waals surface area (Å²) in [5.41, 5.74) is 0.531. The molecule has 1 heterocycles. The highest BCUT2D eigenvalue weighted by Crippen LogP contribution is 2.21. The van der Waals surface area contributed by atoms with Crippen LogP contribution in [0.15, 0.2) is 12.4 Å². The SMILES string of the molecule is Cc1cc(N(CC(=O)O)C(C)(C)C)ncn1. The van der Waals surface area contributed by atoms with Crippen molar-refractivity contribution < 1.29 is 9.90 Å². The fourth-order valence-corrected chi connectivity index (χ4v) is 1.39. The first-order valence-corrected chi connectivity index (χ1v) is 5.09. The molecular formula is C11H17N3O2. The predicted octanol–water partition coefficient (Wildman–Crippen LogP) is 1.47. The molecule has 0 atom stereocenters. The van der Waals surface area contributed by atoms with Crippen molar-refractivity contribution in [2.75, 3.05) is 11.4 Å². The second-order valence-electron chi connectivity index (χ2n) is 4.67. The van der Waals surface area contributed by atoms with Crippen molar-refractivity contribution in [3.8, 4) is 0 Å². The van der Waals surface area contributed by atoms with Gasteiger partial charge in [-0.05, 0) is 27.7 Å².